The number of aromatic nitrogens is 2. The molecule has 2 aliphatic rings. The molecule has 8 nitrogen and oxygen atoms in total. The Morgan fingerprint density at radius 3 is 2.55 bits per heavy atom. The number of likely N-dealkylation sites (N-methyl/N-ethyl adjacent to an activating group) is 1. The Morgan fingerprint density at radius 2 is 1.79 bits per heavy atom. The number of carbonyl (C=O) groups is 2. The molecule has 0 atom stereocenters. The van der Waals surface area contributed by atoms with Crippen LogP contribution in [0.25, 0.3) is 34.4 Å². The molecule has 4 heterocycles. The first kappa shape index (κ1) is 23.9. The minimum absolute atomic E-state index is 0.0344. The number of aryl methyl sites for hydroxylation is 1. The summed E-state index contributed by atoms with van der Waals surface area (Å²) in [6, 6.07) is 15.5. The Morgan fingerprint density at radius 1 is 1.03 bits per heavy atom. The molecule has 2 N–H and O–H groups in total. The maximum absolute atomic E-state index is 13.3. The summed E-state index contributed by atoms with van der Waals surface area (Å²) in [6.07, 6.45) is 3.54. The van der Waals surface area contributed by atoms with Crippen LogP contribution in [-0.2, 0) is 4.79 Å². The van der Waals surface area contributed by atoms with Crippen molar-refractivity contribution in [1.82, 2.24) is 19.8 Å². The van der Waals surface area contributed by atoms with Gasteiger partial charge < -0.3 is 24.5 Å². The molecule has 2 aromatic heterocycles. The first-order valence-electron chi connectivity index (χ1n) is 12.7. The van der Waals surface area contributed by atoms with Crippen molar-refractivity contribution >= 4 is 29.2 Å². The molecule has 1 fully saturated rings. The molecule has 2 aliphatic heterocycles. The standard InChI is InChI=1S/C30H29N5O3/c1-18-25(32-19(2)27(18)30(37)35-13-11-34(3)12-14-35)16-23-22-15-21(9-10-24(22)33-28(23)36)26-17-31-29(38-26)20-7-5-4-6-8-20/h4-10,15-17,32H,11-14H2,1-3H3,(H,33,36). The molecular weight excluding hydrogens is 478 g/mol. The van der Waals surface area contributed by atoms with E-state index in [2.05, 4.69) is 27.2 Å². The molecule has 0 saturated carbocycles. The first-order valence-corrected chi connectivity index (χ1v) is 12.7. The predicted molar refractivity (Wildman–Crippen MR) is 148 cm³/mol. The minimum atomic E-state index is -0.182. The molecule has 0 aliphatic carbocycles. The van der Waals surface area contributed by atoms with Gasteiger partial charge in [0.2, 0.25) is 5.89 Å². The maximum Gasteiger partial charge on any atom is 0.256 e. The van der Waals surface area contributed by atoms with Crippen LogP contribution in [0.5, 0.6) is 0 Å². The van der Waals surface area contributed by atoms with Crippen LogP contribution in [0.4, 0.5) is 5.69 Å². The van der Waals surface area contributed by atoms with Gasteiger partial charge in [0.15, 0.2) is 5.76 Å². The van der Waals surface area contributed by atoms with Crippen molar-refractivity contribution in [3.05, 3.63) is 82.8 Å². The van der Waals surface area contributed by atoms with Crippen molar-refractivity contribution in [2.45, 2.75) is 13.8 Å². The van der Waals surface area contributed by atoms with Crippen molar-refractivity contribution in [3.8, 4) is 22.8 Å². The third-order valence-corrected chi connectivity index (χ3v) is 7.38. The summed E-state index contributed by atoms with van der Waals surface area (Å²) in [4.78, 5) is 38.2. The van der Waals surface area contributed by atoms with Gasteiger partial charge in [0, 0.05) is 59.9 Å². The van der Waals surface area contributed by atoms with Crippen molar-refractivity contribution in [3.63, 3.8) is 0 Å². The van der Waals surface area contributed by atoms with E-state index >= 15 is 0 Å². The van der Waals surface area contributed by atoms with Gasteiger partial charge in [-0.1, -0.05) is 18.2 Å². The highest BCUT2D eigenvalue weighted by Gasteiger charge is 2.28. The number of oxazole rings is 1. The van der Waals surface area contributed by atoms with Crippen LogP contribution in [0.3, 0.4) is 0 Å². The number of nitrogens with one attached hydrogen (secondary N) is 2. The Hall–Kier alpha value is -4.43. The summed E-state index contributed by atoms with van der Waals surface area (Å²) in [6.45, 7) is 6.99. The van der Waals surface area contributed by atoms with E-state index in [-0.39, 0.29) is 11.8 Å². The van der Waals surface area contributed by atoms with E-state index in [0.717, 1.165) is 52.4 Å². The van der Waals surface area contributed by atoms with Crippen LogP contribution >= 0.6 is 0 Å². The van der Waals surface area contributed by atoms with Crippen molar-refractivity contribution in [1.29, 1.82) is 0 Å². The summed E-state index contributed by atoms with van der Waals surface area (Å²) < 4.78 is 6.04. The molecule has 0 radical (unpaired) electrons. The zero-order valence-electron chi connectivity index (χ0n) is 21.7. The zero-order valence-corrected chi connectivity index (χ0v) is 21.7. The number of piperazine rings is 1. The second kappa shape index (κ2) is 9.46. The topological polar surface area (TPSA) is 94.5 Å². The Labute approximate surface area is 221 Å². The van der Waals surface area contributed by atoms with Gasteiger partial charge in [0.1, 0.15) is 0 Å². The quantitative estimate of drug-likeness (QED) is 0.386. The molecule has 0 bridgehead atoms. The highest BCUT2D eigenvalue weighted by molar-refractivity contribution is 6.35. The number of fused-ring (bicyclic) bond motifs is 1. The fraction of sp³-hybridized carbons (Fsp3) is 0.233. The third kappa shape index (κ3) is 4.22. The lowest BCUT2D eigenvalue weighted by Crippen LogP contribution is -2.47. The van der Waals surface area contributed by atoms with E-state index in [1.54, 1.807) is 6.20 Å². The van der Waals surface area contributed by atoms with Gasteiger partial charge in [-0.15, -0.1) is 0 Å². The van der Waals surface area contributed by atoms with Crippen LogP contribution in [0.15, 0.2) is 59.1 Å². The number of amides is 2. The lowest BCUT2D eigenvalue weighted by atomic mass is 10.0. The van der Waals surface area contributed by atoms with E-state index in [0.29, 0.717) is 35.9 Å². The maximum atomic E-state index is 13.3. The second-order valence-electron chi connectivity index (χ2n) is 9.93. The predicted octanol–water partition coefficient (Wildman–Crippen LogP) is 4.83. The number of rotatable bonds is 4. The van der Waals surface area contributed by atoms with E-state index in [1.165, 1.54) is 0 Å². The van der Waals surface area contributed by atoms with Gasteiger partial charge in [0.05, 0.1) is 17.3 Å². The molecule has 38 heavy (non-hydrogen) atoms. The van der Waals surface area contributed by atoms with Crippen LogP contribution in [-0.4, -0.2) is 64.8 Å². The number of H-pyrrole nitrogens is 1. The van der Waals surface area contributed by atoms with Crippen LogP contribution in [0.2, 0.25) is 0 Å². The molecule has 6 rings (SSSR count). The normalized spacial score (nSPS) is 16.7. The second-order valence-corrected chi connectivity index (χ2v) is 9.93. The molecule has 2 amide bonds. The summed E-state index contributed by atoms with van der Waals surface area (Å²) >= 11 is 0. The van der Waals surface area contributed by atoms with E-state index in [4.69, 9.17) is 4.42 Å². The Kier molecular flexibility index (Phi) is 5.96. The summed E-state index contributed by atoms with van der Waals surface area (Å²) in [5, 5.41) is 2.95. The number of nitrogens with zero attached hydrogens (tertiary/aromatic N) is 3. The molecule has 1 saturated heterocycles. The largest absolute Gasteiger partial charge is 0.436 e. The Bertz CT molecular complexity index is 1570. The third-order valence-electron chi connectivity index (χ3n) is 7.38. The summed E-state index contributed by atoms with van der Waals surface area (Å²) in [5.41, 5.74) is 6.87. The van der Waals surface area contributed by atoms with Gasteiger partial charge >= 0.3 is 0 Å². The van der Waals surface area contributed by atoms with Gasteiger partial charge in [-0.3, -0.25) is 9.59 Å². The van der Waals surface area contributed by atoms with Gasteiger partial charge in [-0.05, 0) is 62.9 Å². The average molecular weight is 508 g/mol. The van der Waals surface area contributed by atoms with Crippen molar-refractivity contribution in [2.75, 3.05) is 38.5 Å². The number of hydrogen-bond donors (Lipinski definition) is 2. The van der Waals surface area contributed by atoms with Crippen LogP contribution < -0.4 is 5.32 Å². The average Bonchev–Trinajstić information content (AvgIpc) is 3.61. The number of anilines is 1. The van der Waals surface area contributed by atoms with E-state index < -0.39 is 0 Å². The molecule has 2 aromatic carbocycles. The highest BCUT2D eigenvalue weighted by Crippen LogP contribution is 2.37. The Balaban J connectivity index is 1.32. The summed E-state index contributed by atoms with van der Waals surface area (Å²) in [7, 11) is 2.07. The smallest absolute Gasteiger partial charge is 0.256 e. The number of carbonyl (C=O) groups excluding carboxylic acids is 2. The monoisotopic (exact) mass is 507 g/mol. The molecule has 192 valence electrons. The van der Waals surface area contributed by atoms with E-state index in [9.17, 15) is 9.59 Å². The van der Waals surface area contributed by atoms with E-state index in [1.807, 2.05) is 73.4 Å². The number of benzene rings is 2. The van der Waals surface area contributed by atoms with Gasteiger partial charge in [0.25, 0.3) is 11.8 Å². The summed E-state index contributed by atoms with van der Waals surface area (Å²) in [5.74, 6) is 1.02. The molecule has 8 heteroatoms. The van der Waals surface area contributed by atoms with Crippen molar-refractivity contribution < 1.29 is 14.0 Å². The SMILES string of the molecule is Cc1[nH]c(C=C2C(=O)Nc3ccc(-c4cnc(-c5ccccc5)o4)cc32)c(C)c1C(=O)N1CCN(C)CC1. The lowest BCUT2D eigenvalue weighted by molar-refractivity contribution is -0.110. The zero-order chi connectivity index (χ0) is 26.4. The molecule has 0 unspecified atom stereocenters. The number of hydrogen-bond acceptors (Lipinski definition) is 5. The van der Waals surface area contributed by atoms with Crippen LogP contribution in [0, 0.1) is 13.8 Å². The fourth-order valence-electron chi connectivity index (χ4n) is 5.16. The van der Waals surface area contributed by atoms with Gasteiger partial charge in [-0.2, -0.15) is 0 Å². The van der Waals surface area contributed by atoms with Gasteiger partial charge in [-0.25, -0.2) is 4.98 Å². The molecule has 0 spiro atoms. The molecule has 4 aromatic rings. The fourth-order valence-corrected chi connectivity index (χ4v) is 5.16. The number of aromatic amines is 1. The highest BCUT2D eigenvalue weighted by atomic mass is 16.4. The molecular formula is C30H29N5O3. The van der Waals surface area contributed by atoms with Crippen molar-refractivity contribution in [2.24, 2.45) is 0 Å². The minimum Gasteiger partial charge on any atom is -0.436 e. The lowest BCUT2D eigenvalue weighted by Gasteiger charge is -2.32. The first-order chi connectivity index (χ1) is 18.4. The van der Waals surface area contributed by atoms with Crippen LogP contribution in [0.1, 0.15) is 32.9 Å².